The maximum Gasteiger partial charge on any atom is 0.170 e. The summed E-state index contributed by atoms with van der Waals surface area (Å²) in [5.74, 6) is 2.04. The fourth-order valence-corrected chi connectivity index (χ4v) is 11.1. The van der Waals surface area contributed by atoms with Crippen LogP contribution in [0.1, 0.15) is 40.5 Å². The highest BCUT2D eigenvalue weighted by Crippen LogP contribution is 2.70. The van der Waals surface area contributed by atoms with Crippen molar-refractivity contribution in [3.8, 4) is 28.4 Å². The molecule has 2 aliphatic rings. The number of benzene rings is 3. The summed E-state index contributed by atoms with van der Waals surface area (Å²) in [6.45, 7) is 10.7. The average Bonchev–Trinajstić information content (AvgIpc) is 3.27. The zero-order valence-electron chi connectivity index (χ0n) is 22.4. The standard InChI is InChI=1S/C30H37O5P/c1-28(2)18-30(34-16-17-35-30)19-29(3,4)36(28)27-24(32-6)15-13-22(26(27)33-7)25-21-11-9-8-10-20(21)12-14-23(25)31-5/h8-15H,16-19H2,1-7H3. The third-order valence-electron chi connectivity index (χ3n) is 7.55. The number of rotatable bonds is 5. The second-order valence-electron chi connectivity index (χ2n) is 11.0. The Morgan fingerprint density at radius 1 is 0.722 bits per heavy atom. The van der Waals surface area contributed by atoms with Crippen molar-refractivity contribution >= 4 is 24.0 Å². The van der Waals surface area contributed by atoms with E-state index in [0.717, 1.165) is 57.3 Å². The summed E-state index contributed by atoms with van der Waals surface area (Å²) in [7, 11) is 4.48. The van der Waals surface area contributed by atoms with Gasteiger partial charge in [-0.25, -0.2) is 0 Å². The predicted molar refractivity (Wildman–Crippen MR) is 148 cm³/mol. The van der Waals surface area contributed by atoms with E-state index in [0.29, 0.717) is 13.2 Å². The van der Waals surface area contributed by atoms with Crippen molar-refractivity contribution < 1.29 is 23.7 Å². The van der Waals surface area contributed by atoms with Crippen LogP contribution in [0.5, 0.6) is 17.2 Å². The van der Waals surface area contributed by atoms with Gasteiger partial charge in [0.1, 0.15) is 17.2 Å². The van der Waals surface area contributed by atoms with Gasteiger partial charge in [-0.3, -0.25) is 0 Å². The van der Waals surface area contributed by atoms with Gasteiger partial charge in [-0.1, -0.05) is 65.9 Å². The first kappa shape index (κ1) is 25.3. The molecule has 192 valence electrons. The Hall–Kier alpha value is -2.33. The minimum Gasteiger partial charge on any atom is -0.496 e. The molecule has 0 N–H and O–H groups in total. The fraction of sp³-hybridized carbons (Fsp3) is 0.467. The van der Waals surface area contributed by atoms with E-state index in [1.54, 1.807) is 21.3 Å². The fourth-order valence-electron chi connectivity index (χ4n) is 6.70. The van der Waals surface area contributed by atoms with Gasteiger partial charge in [0.05, 0.1) is 39.8 Å². The zero-order valence-corrected chi connectivity index (χ0v) is 23.3. The number of fused-ring (bicyclic) bond motifs is 1. The molecule has 3 aromatic rings. The maximum atomic E-state index is 6.30. The quantitative estimate of drug-likeness (QED) is 0.358. The maximum absolute atomic E-state index is 6.30. The summed E-state index contributed by atoms with van der Waals surface area (Å²) in [6.07, 6.45) is 1.67. The molecule has 2 fully saturated rings. The van der Waals surface area contributed by atoms with E-state index in [1.165, 1.54) is 0 Å². The summed E-state index contributed by atoms with van der Waals surface area (Å²) in [5.41, 5.74) is 2.06. The highest BCUT2D eigenvalue weighted by molar-refractivity contribution is 7.69. The van der Waals surface area contributed by atoms with Crippen LogP contribution in [0.3, 0.4) is 0 Å². The Morgan fingerprint density at radius 2 is 1.33 bits per heavy atom. The molecule has 6 heteroatoms. The van der Waals surface area contributed by atoms with E-state index in [9.17, 15) is 0 Å². The molecule has 0 aromatic heterocycles. The molecule has 0 unspecified atom stereocenters. The second-order valence-corrected chi connectivity index (χ2v) is 14.5. The molecule has 2 heterocycles. The molecule has 2 saturated heterocycles. The summed E-state index contributed by atoms with van der Waals surface area (Å²) in [5, 5.41) is 3.29. The average molecular weight is 509 g/mol. The van der Waals surface area contributed by atoms with E-state index in [-0.39, 0.29) is 10.3 Å². The molecule has 2 aliphatic heterocycles. The van der Waals surface area contributed by atoms with Crippen LogP contribution in [0.2, 0.25) is 0 Å². The molecule has 0 aliphatic carbocycles. The zero-order chi connectivity index (χ0) is 25.7. The lowest BCUT2D eigenvalue weighted by Gasteiger charge is -2.55. The third kappa shape index (κ3) is 4.06. The predicted octanol–water partition coefficient (Wildman–Crippen LogP) is 6.73. The van der Waals surface area contributed by atoms with Crippen LogP contribution in [0, 0.1) is 0 Å². The van der Waals surface area contributed by atoms with Gasteiger partial charge in [0.25, 0.3) is 0 Å². The lowest BCUT2D eigenvalue weighted by molar-refractivity contribution is -0.178. The molecule has 0 radical (unpaired) electrons. The van der Waals surface area contributed by atoms with Crippen molar-refractivity contribution in [3.63, 3.8) is 0 Å². The molecule has 0 atom stereocenters. The minimum absolute atomic E-state index is 0.0799. The molecule has 5 nitrogen and oxygen atoms in total. The number of hydrogen-bond acceptors (Lipinski definition) is 5. The number of ether oxygens (including phenoxy) is 5. The van der Waals surface area contributed by atoms with Gasteiger partial charge < -0.3 is 23.7 Å². The highest BCUT2D eigenvalue weighted by atomic mass is 31.1. The van der Waals surface area contributed by atoms with E-state index >= 15 is 0 Å². The number of methoxy groups -OCH3 is 3. The smallest absolute Gasteiger partial charge is 0.170 e. The summed E-state index contributed by atoms with van der Waals surface area (Å²) in [6, 6.07) is 16.8. The Morgan fingerprint density at radius 3 is 1.94 bits per heavy atom. The monoisotopic (exact) mass is 508 g/mol. The van der Waals surface area contributed by atoms with Gasteiger partial charge in [0, 0.05) is 24.0 Å². The van der Waals surface area contributed by atoms with Crippen molar-refractivity contribution in [3.05, 3.63) is 48.5 Å². The molecular formula is C30H37O5P. The molecular weight excluding hydrogens is 471 g/mol. The Kier molecular flexibility index (Phi) is 6.47. The van der Waals surface area contributed by atoms with Gasteiger partial charge in [0.15, 0.2) is 5.79 Å². The summed E-state index contributed by atoms with van der Waals surface area (Å²) >= 11 is 0. The van der Waals surface area contributed by atoms with Crippen molar-refractivity contribution in [2.45, 2.75) is 56.6 Å². The van der Waals surface area contributed by atoms with Crippen LogP contribution in [0.15, 0.2) is 48.5 Å². The molecule has 36 heavy (non-hydrogen) atoms. The second kappa shape index (κ2) is 9.20. The largest absolute Gasteiger partial charge is 0.496 e. The Bertz CT molecular complexity index is 1260. The van der Waals surface area contributed by atoms with Gasteiger partial charge in [-0.05, 0) is 39.3 Å². The topological polar surface area (TPSA) is 46.2 Å². The van der Waals surface area contributed by atoms with Gasteiger partial charge in [-0.15, -0.1) is 0 Å². The van der Waals surface area contributed by atoms with Crippen LogP contribution in [-0.2, 0) is 9.47 Å². The lowest BCUT2D eigenvalue weighted by Crippen LogP contribution is -2.52. The SMILES string of the molecule is COc1ccc(-c2c(OC)ccc3ccccc23)c(OC)c1P1C(C)(C)CC2(CC1(C)C)OCCO2. The minimum atomic E-state index is -0.763. The molecule has 0 amide bonds. The normalized spacial score (nSPS) is 20.5. The van der Waals surface area contributed by atoms with Crippen molar-refractivity contribution in [1.29, 1.82) is 0 Å². The van der Waals surface area contributed by atoms with Crippen LogP contribution < -0.4 is 19.5 Å². The first-order chi connectivity index (χ1) is 17.2. The molecule has 0 saturated carbocycles. The van der Waals surface area contributed by atoms with Gasteiger partial charge in [0.2, 0.25) is 0 Å². The van der Waals surface area contributed by atoms with Crippen molar-refractivity contribution in [1.82, 2.24) is 0 Å². The Labute approximate surface area is 215 Å². The number of hydrogen-bond donors (Lipinski definition) is 0. The van der Waals surface area contributed by atoms with Crippen molar-refractivity contribution in [2.24, 2.45) is 0 Å². The Balaban J connectivity index is 1.77. The van der Waals surface area contributed by atoms with Gasteiger partial charge in [-0.2, -0.15) is 0 Å². The summed E-state index contributed by atoms with van der Waals surface area (Å²) < 4.78 is 30.7. The first-order valence-electron chi connectivity index (χ1n) is 12.6. The van der Waals surface area contributed by atoms with E-state index in [2.05, 4.69) is 70.2 Å². The molecule has 1 spiro atoms. The van der Waals surface area contributed by atoms with E-state index < -0.39 is 13.7 Å². The lowest BCUT2D eigenvalue weighted by atomic mass is 9.91. The summed E-state index contributed by atoms with van der Waals surface area (Å²) in [4.78, 5) is 0. The van der Waals surface area contributed by atoms with E-state index in [1.807, 2.05) is 6.07 Å². The first-order valence-corrected chi connectivity index (χ1v) is 13.9. The van der Waals surface area contributed by atoms with Crippen LogP contribution in [-0.4, -0.2) is 50.6 Å². The van der Waals surface area contributed by atoms with E-state index in [4.69, 9.17) is 23.7 Å². The molecule has 5 rings (SSSR count). The van der Waals surface area contributed by atoms with Crippen LogP contribution >= 0.6 is 7.92 Å². The molecule has 0 bridgehead atoms. The molecule has 3 aromatic carbocycles. The van der Waals surface area contributed by atoms with Crippen LogP contribution in [0.25, 0.3) is 21.9 Å². The van der Waals surface area contributed by atoms with Crippen LogP contribution in [0.4, 0.5) is 0 Å². The van der Waals surface area contributed by atoms with Gasteiger partial charge >= 0.3 is 0 Å². The van der Waals surface area contributed by atoms with Crippen molar-refractivity contribution in [2.75, 3.05) is 34.5 Å². The highest BCUT2D eigenvalue weighted by Gasteiger charge is 2.58. The third-order valence-corrected chi connectivity index (χ3v) is 11.2.